The van der Waals surface area contributed by atoms with Gasteiger partial charge in [-0.1, -0.05) is 34.2 Å². The van der Waals surface area contributed by atoms with Crippen molar-refractivity contribution in [1.29, 1.82) is 0 Å². The topological polar surface area (TPSA) is 26.3 Å². The molecule has 3 unspecified atom stereocenters. The maximum atomic E-state index is 10.9. The Morgan fingerprint density at radius 3 is 2.80 bits per heavy atom. The summed E-state index contributed by atoms with van der Waals surface area (Å²) in [6, 6.07) is 0. The molecule has 4 heteroatoms. The Hall–Kier alpha value is 0.490. The van der Waals surface area contributed by atoms with Crippen LogP contribution in [-0.2, 0) is 9.53 Å². The Balaban J connectivity index is 2.23. The minimum atomic E-state index is -0.359. The van der Waals surface area contributed by atoms with Gasteiger partial charge in [-0.2, -0.15) is 0 Å². The number of alkyl halides is 2. The van der Waals surface area contributed by atoms with Crippen LogP contribution in [0, 0.1) is 11.3 Å². The van der Waals surface area contributed by atoms with Crippen molar-refractivity contribution in [3.05, 3.63) is 0 Å². The van der Waals surface area contributed by atoms with Crippen molar-refractivity contribution in [3.63, 3.8) is 0 Å². The second-order valence-electron chi connectivity index (χ2n) is 2.88. The van der Waals surface area contributed by atoms with Gasteiger partial charge in [0.15, 0.2) is 5.56 Å². The molecular weight excluding hydrogens is 266 g/mol. The Labute approximate surface area is 77.4 Å². The van der Waals surface area contributed by atoms with E-state index in [9.17, 15) is 4.79 Å². The molecule has 1 saturated heterocycles. The molecule has 0 bridgehead atoms. The van der Waals surface area contributed by atoms with Gasteiger partial charge in [0.1, 0.15) is 0 Å². The molecule has 0 N–H and O–H groups in total. The standard InChI is InChI=1S/C6H6ClIO2/c7-5-6(2-8)1-3(6)4(9)10-5/h3,5H,1-2H2. The van der Waals surface area contributed by atoms with Crippen molar-refractivity contribution in [2.45, 2.75) is 12.0 Å². The number of fused-ring (bicyclic) bond motifs is 1. The van der Waals surface area contributed by atoms with Gasteiger partial charge in [0, 0.05) is 9.84 Å². The number of ether oxygens (including phenoxy) is 1. The lowest BCUT2D eigenvalue weighted by molar-refractivity contribution is -0.142. The molecule has 2 aliphatic rings. The lowest BCUT2D eigenvalue weighted by Gasteiger charge is -2.11. The fraction of sp³-hybridized carbons (Fsp3) is 0.833. The number of esters is 1. The third kappa shape index (κ3) is 0.679. The second kappa shape index (κ2) is 2.00. The summed E-state index contributed by atoms with van der Waals surface area (Å²) in [6.07, 6.45) is 0.933. The number of halogens is 2. The van der Waals surface area contributed by atoms with Crippen molar-refractivity contribution in [2.24, 2.45) is 11.3 Å². The van der Waals surface area contributed by atoms with Gasteiger partial charge in [-0.05, 0) is 6.42 Å². The van der Waals surface area contributed by atoms with Crippen LogP contribution < -0.4 is 0 Å². The second-order valence-corrected chi connectivity index (χ2v) is 4.04. The fourth-order valence-electron chi connectivity index (χ4n) is 1.40. The molecule has 56 valence electrons. The average Bonchev–Trinajstić information content (AvgIpc) is 2.57. The molecule has 10 heavy (non-hydrogen) atoms. The normalized spacial score (nSPS) is 50.4. The van der Waals surface area contributed by atoms with E-state index < -0.39 is 0 Å². The minimum Gasteiger partial charge on any atom is -0.445 e. The molecule has 1 aliphatic carbocycles. The summed E-state index contributed by atoms with van der Waals surface area (Å²) in [6.45, 7) is 0. The molecule has 2 nitrogen and oxygen atoms in total. The zero-order valence-electron chi connectivity index (χ0n) is 5.14. The number of rotatable bonds is 1. The molecule has 0 spiro atoms. The molecule has 3 atom stereocenters. The highest BCUT2D eigenvalue weighted by Crippen LogP contribution is 2.63. The molecule has 0 aromatic carbocycles. The van der Waals surface area contributed by atoms with Crippen molar-refractivity contribution in [2.75, 3.05) is 4.43 Å². The van der Waals surface area contributed by atoms with E-state index in [1.165, 1.54) is 0 Å². The summed E-state index contributed by atoms with van der Waals surface area (Å²) in [5, 5.41) is 0. The van der Waals surface area contributed by atoms with Crippen molar-refractivity contribution in [3.8, 4) is 0 Å². The molecule has 2 rings (SSSR count). The van der Waals surface area contributed by atoms with Gasteiger partial charge in [0.25, 0.3) is 0 Å². The Kier molecular flexibility index (Phi) is 1.43. The molecule has 0 amide bonds. The predicted octanol–water partition coefficient (Wildman–Crippen LogP) is 1.55. The van der Waals surface area contributed by atoms with Crippen LogP contribution in [0.2, 0.25) is 0 Å². The number of carbonyl (C=O) groups is 1. The van der Waals surface area contributed by atoms with Crippen LogP contribution in [0.25, 0.3) is 0 Å². The summed E-state index contributed by atoms with van der Waals surface area (Å²) in [5.74, 6) is 0.0172. The van der Waals surface area contributed by atoms with Crippen LogP contribution in [0.15, 0.2) is 0 Å². The Bertz CT molecular complexity index is 196. The molecule has 2 fully saturated rings. The van der Waals surface area contributed by atoms with Gasteiger partial charge in [-0.15, -0.1) is 0 Å². The van der Waals surface area contributed by atoms with Gasteiger partial charge in [-0.25, -0.2) is 0 Å². The van der Waals surface area contributed by atoms with Crippen LogP contribution in [0.3, 0.4) is 0 Å². The first-order chi connectivity index (χ1) is 4.70. The Morgan fingerprint density at radius 2 is 2.60 bits per heavy atom. The molecule has 0 aromatic heterocycles. The first kappa shape index (κ1) is 7.16. The first-order valence-electron chi connectivity index (χ1n) is 3.11. The number of cyclic esters (lactones) is 1. The van der Waals surface area contributed by atoms with Gasteiger partial charge in [0.05, 0.1) is 5.92 Å². The number of hydrogen-bond acceptors (Lipinski definition) is 2. The molecular formula is C6H6ClIO2. The summed E-state index contributed by atoms with van der Waals surface area (Å²) in [4.78, 5) is 10.9. The van der Waals surface area contributed by atoms with Gasteiger partial charge in [-0.3, -0.25) is 4.79 Å². The summed E-state index contributed by atoms with van der Waals surface area (Å²) in [5.41, 5.74) is -0.346. The SMILES string of the molecule is O=C1OC(Cl)C2(CI)CC12. The van der Waals surface area contributed by atoms with Gasteiger partial charge < -0.3 is 4.74 Å². The van der Waals surface area contributed by atoms with Crippen molar-refractivity contribution in [1.82, 2.24) is 0 Å². The minimum absolute atomic E-state index is 0.0131. The molecule has 0 radical (unpaired) electrons. The first-order valence-corrected chi connectivity index (χ1v) is 5.07. The lowest BCUT2D eigenvalue weighted by Crippen LogP contribution is -2.15. The zero-order valence-corrected chi connectivity index (χ0v) is 8.05. The van der Waals surface area contributed by atoms with E-state index in [4.69, 9.17) is 16.3 Å². The van der Waals surface area contributed by atoms with Crippen LogP contribution in [0.1, 0.15) is 6.42 Å². The summed E-state index contributed by atoms with van der Waals surface area (Å²) >= 11 is 8.06. The molecule has 1 saturated carbocycles. The van der Waals surface area contributed by atoms with Crippen LogP contribution in [-0.4, -0.2) is 16.0 Å². The monoisotopic (exact) mass is 272 g/mol. The van der Waals surface area contributed by atoms with E-state index in [0.29, 0.717) is 0 Å². The highest BCUT2D eigenvalue weighted by Gasteiger charge is 2.69. The van der Waals surface area contributed by atoms with Crippen LogP contribution >= 0.6 is 34.2 Å². The smallest absolute Gasteiger partial charge is 0.311 e. The fourth-order valence-corrected chi connectivity index (χ4v) is 3.31. The summed E-state index contributed by atoms with van der Waals surface area (Å²) in [7, 11) is 0. The zero-order chi connectivity index (χ0) is 7.35. The Morgan fingerprint density at radius 1 is 1.90 bits per heavy atom. The van der Waals surface area contributed by atoms with Crippen molar-refractivity contribution >= 4 is 40.2 Å². The highest BCUT2D eigenvalue weighted by molar-refractivity contribution is 14.1. The quantitative estimate of drug-likeness (QED) is 0.411. The predicted molar refractivity (Wildman–Crippen MR) is 45.2 cm³/mol. The van der Waals surface area contributed by atoms with Gasteiger partial charge in [0.2, 0.25) is 0 Å². The third-order valence-electron chi connectivity index (χ3n) is 2.32. The molecule has 1 aliphatic heterocycles. The number of hydrogen-bond donors (Lipinski definition) is 0. The molecule has 0 aromatic rings. The summed E-state index contributed by atoms with van der Waals surface area (Å²) < 4.78 is 5.77. The van der Waals surface area contributed by atoms with Crippen molar-refractivity contribution < 1.29 is 9.53 Å². The van der Waals surface area contributed by atoms with E-state index >= 15 is 0 Å². The van der Waals surface area contributed by atoms with E-state index in [0.717, 1.165) is 10.8 Å². The highest BCUT2D eigenvalue weighted by atomic mass is 127. The van der Waals surface area contributed by atoms with E-state index in [-0.39, 0.29) is 22.9 Å². The molecule has 1 heterocycles. The van der Waals surface area contributed by atoms with E-state index in [1.54, 1.807) is 0 Å². The lowest BCUT2D eigenvalue weighted by atomic mass is 10.1. The van der Waals surface area contributed by atoms with E-state index in [1.807, 2.05) is 0 Å². The largest absolute Gasteiger partial charge is 0.445 e. The maximum Gasteiger partial charge on any atom is 0.311 e. The third-order valence-corrected chi connectivity index (χ3v) is 4.27. The van der Waals surface area contributed by atoms with E-state index in [2.05, 4.69) is 22.6 Å². The van der Waals surface area contributed by atoms with Crippen LogP contribution in [0.5, 0.6) is 0 Å². The maximum absolute atomic E-state index is 10.9. The number of carbonyl (C=O) groups excluding carboxylic acids is 1. The average molecular weight is 272 g/mol. The van der Waals surface area contributed by atoms with Crippen LogP contribution in [0.4, 0.5) is 0 Å². The van der Waals surface area contributed by atoms with Gasteiger partial charge >= 0.3 is 5.97 Å².